The molecule has 1 aromatic heterocycles. The number of hydrogen-bond donors (Lipinski definition) is 0. The van der Waals surface area contributed by atoms with Crippen molar-refractivity contribution in [1.29, 1.82) is 0 Å². The SMILES string of the molecule is CCOc1cc(-c2nc(Cl)sc2CC(C)C)ccc1F. The molecule has 2 aromatic rings. The van der Waals surface area contributed by atoms with Gasteiger partial charge < -0.3 is 4.74 Å². The van der Waals surface area contributed by atoms with E-state index in [1.165, 1.54) is 17.4 Å². The Bertz CT molecular complexity index is 598. The summed E-state index contributed by atoms with van der Waals surface area (Å²) in [5.74, 6) is 0.407. The molecule has 1 aromatic carbocycles. The fourth-order valence-electron chi connectivity index (χ4n) is 1.97. The zero-order valence-electron chi connectivity index (χ0n) is 11.7. The molecule has 5 heteroatoms. The molecule has 0 atom stereocenters. The van der Waals surface area contributed by atoms with Crippen LogP contribution >= 0.6 is 22.9 Å². The summed E-state index contributed by atoms with van der Waals surface area (Å²) in [6, 6.07) is 4.81. The average Bonchev–Trinajstić information content (AvgIpc) is 2.72. The van der Waals surface area contributed by atoms with Crippen LogP contribution < -0.4 is 4.74 Å². The first-order valence-corrected chi connectivity index (χ1v) is 7.78. The number of thiazole rings is 1. The quantitative estimate of drug-likeness (QED) is 0.757. The van der Waals surface area contributed by atoms with Crippen molar-refractivity contribution in [3.8, 4) is 17.0 Å². The van der Waals surface area contributed by atoms with Crippen molar-refractivity contribution in [2.24, 2.45) is 5.92 Å². The Balaban J connectivity index is 2.43. The molecule has 0 aliphatic carbocycles. The van der Waals surface area contributed by atoms with E-state index in [-0.39, 0.29) is 11.6 Å². The first-order valence-electron chi connectivity index (χ1n) is 6.59. The molecule has 1 heterocycles. The zero-order chi connectivity index (χ0) is 14.7. The molecule has 2 nitrogen and oxygen atoms in total. The zero-order valence-corrected chi connectivity index (χ0v) is 13.3. The number of hydrogen-bond acceptors (Lipinski definition) is 3. The van der Waals surface area contributed by atoms with Crippen LogP contribution in [-0.4, -0.2) is 11.6 Å². The molecule has 0 saturated carbocycles. The van der Waals surface area contributed by atoms with Crippen molar-refractivity contribution >= 4 is 22.9 Å². The summed E-state index contributed by atoms with van der Waals surface area (Å²) in [7, 11) is 0. The van der Waals surface area contributed by atoms with E-state index in [0.717, 1.165) is 22.6 Å². The van der Waals surface area contributed by atoms with Crippen LogP contribution in [0.25, 0.3) is 11.3 Å². The summed E-state index contributed by atoms with van der Waals surface area (Å²) in [4.78, 5) is 5.49. The molecule has 0 unspecified atom stereocenters. The monoisotopic (exact) mass is 313 g/mol. The predicted molar refractivity (Wildman–Crippen MR) is 82.2 cm³/mol. The van der Waals surface area contributed by atoms with E-state index in [9.17, 15) is 4.39 Å². The molecule has 20 heavy (non-hydrogen) atoms. The molecular weight excluding hydrogens is 297 g/mol. The van der Waals surface area contributed by atoms with Crippen LogP contribution in [0.3, 0.4) is 0 Å². The normalized spacial score (nSPS) is 11.1. The second kappa shape index (κ2) is 6.55. The Morgan fingerprint density at radius 3 is 2.80 bits per heavy atom. The number of halogens is 2. The van der Waals surface area contributed by atoms with Crippen LogP contribution in [0, 0.1) is 11.7 Å². The van der Waals surface area contributed by atoms with E-state index in [2.05, 4.69) is 18.8 Å². The van der Waals surface area contributed by atoms with Crippen molar-refractivity contribution < 1.29 is 9.13 Å². The Kier molecular flexibility index (Phi) is 5.00. The maximum atomic E-state index is 13.6. The van der Waals surface area contributed by atoms with Crippen molar-refractivity contribution in [1.82, 2.24) is 4.98 Å². The van der Waals surface area contributed by atoms with Gasteiger partial charge >= 0.3 is 0 Å². The standard InChI is InChI=1S/C15H17ClFNOS/c1-4-19-12-8-10(5-6-11(12)17)14-13(7-9(2)3)20-15(16)18-14/h5-6,8-9H,4,7H2,1-3H3. The highest BCUT2D eigenvalue weighted by atomic mass is 35.5. The summed E-state index contributed by atoms with van der Waals surface area (Å²) >= 11 is 7.51. The van der Waals surface area contributed by atoms with Gasteiger partial charge in [-0.15, -0.1) is 11.3 Å². The fraction of sp³-hybridized carbons (Fsp3) is 0.400. The molecule has 0 aliphatic rings. The highest BCUT2D eigenvalue weighted by molar-refractivity contribution is 7.16. The maximum Gasteiger partial charge on any atom is 0.184 e. The number of benzene rings is 1. The average molecular weight is 314 g/mol. The molecule has 0 amide bonds. The Hall–Kier alpha value is -1.13. The van der Waals surface area contributed by atoms with Gasteiger partial charge in [-0.05, 0) is 37.5 Å². The van der Waals surface area contributed by atoms with Gasteiger partial charge in [-0.2, -0.15) is 0 Å². The third kappa shape index (κ3) is 3.49. The summed E-state index contributed by atoms with van der Waals surface area (Å²) in [5.41, 5.74) is 1.67. The number of nitrogens with zero attached hydrogens (tertiary/aromatic N) is 1. The summed E-state index contributed by atoms with van der Waals surface area (Å²) in [6.45, 7) is 6.55. The van der Waals surface area contributed by atoms with Crippen LogP contribution in [0.1, 0.15) is 25.6 Å². The van der Waals surface area contributed by atoms with Gasteiger partial charge in [0.25, 0.3) is 0 Å². The lowest BCUT2D eigenvalue weighted by molar-refractivity contribution is 0.322. The lowest BCUT2D eigenvalue weighted by Gasteiger charge is -2.08. The molecule has 0 aliphatic heterocycles. The van der Waals surface area contributed by atoms with E-state index in [0.29, 0.717) is 17.0 Å². The molecule has 0 spiro atoms. The number of rotatable bonds is 5. The lowest BCUT2D eigenvalue weighted by Crippen LogP contribution is -1.97. The number of aromatic nitrogens is 1. The van der Waals surface area contributed by atoms with Gasteiger partial charge in [0.15, 0.2) is 16.0 Å². The van der Waals surface area contributed by atoms with Crippen LogP contribution in [0.5, 0.6) is 5.75 Å². The molecule has 0 saturated heterocycles. The van der Waals surface area contributed by atoms with Crippen molar-refractivity contribution in [3.63, 3.8) is 0 Å². The molecule has 0 bridgehead atoms. The molecule has 2 rings (SSSR count). The van der Waals surface area contributed by atoms with Gasteiger partial charge in [-0.1, -0.05) is 25.4 Å². The first kappa shape index (κ1) is 15.3. The van der Waals surface area contributed by atoms with Gasteiger partial charge in [0.2, 0.25) is 0 Å². The van der Waals surface area contributed by atoms with Gasteiger partial charge in [0.05, 0.1) is 12.3 Å². The largest absolute Gasteiger partial charge is 0.491 e. The predicted octanol–water partition coefficient (Wildman–Crippen LogP) is 5.20. The van der Waals surface area contributed by atoms with Gasteiger partial charge in [-0.25, -0.2) is 9.37 Å². The van der Waals surface area contributed by atoms with E-state index >= 15 is 0 Å². The number of ether oxygens (including phenoxy) is 1. The Morgan fingerprint density at radius 2 is 2.15 bits per heavy atom. The first-order chi connectivity index (χ1) is 9.51. The molecule has 0 N–H and O–H groups in total. The van der Waals surface area contributed by atoms with Crippen molar-refractivity contribution in [3.05, 3.63) is 33.4 Å². The molecular formula is C15H17ClFNOS. The van der Waals surface area contributed by atoms with Crippen LogP contribution in [-0.2, 0) is 6.42 Å². The third-order valence-electron chi connectivity index (χ3n) is 2.77. The van der Waals surface area contributed by atoms with E-state index in [1.807, 2.05) is 6.92 Å². The highest BCUT2D eigenvalue weighted by Crippen LogP contribution is 2.34. The van der Waals surface area contributed by atoms with Crippen LogP contribution in [0.4, 0.5) is 4.39 Å². The second-order valence-corrected chi connectivity index (χ2v) is 6.58. The summed E-state index contributed by atoms with van der Waals surface area (Å²) < 4.78 is 19.4. The van der Waals surface area contributed by atoms with E-state index < -0.39 is 0 Å². The Morgan fingerprint density at radius 1 is 1.40 bits per heavy atom. The minimum atomic E-state index is -0.359. The molecule has 0 radical (unpaired) electrons. The fourth-order valence-corrected chi connectivity index (χ4v) is 3.36. The van der Waals surface area contributed by atoms with Crippen molar-refractivity contribution in [2.75, 3.05) is 6.61 Å². The topological polar surface area (TPSA) is 22.1 Å². The smallest absolute Gasteiger partial charge is 0.184 e. The molecule has 108 valence electrons. The Labute approximate surface area is 127 Å². The highest BCUT2D eigenvalue weighted by Gasteiger charge is 2.15. The van der Waals surface area contributed by atoms with Gasteiger partial charge in [0, 0.05) is 10.4 Å². The van der Waals surface area contributed by atoms with Gasteiger partial charge in [0.1, 0.15) is 0 Å². The van der Waals surface area contributed by atoms with Gasteiger partial charge in [-0.3, -0.25) is 0 Å². The van der Waals surface area contributed by atoms with Crippen LogP contribution in [0.15, 0.2) is 18.2 Å². The summed E-state index contributed by atoms with van der Waals surface area (Å²) in [5, 5.41) is 0. The molecule has 0 fully saturated rings. The lowest BCUT2D eigenvalue weighted by atomic mass is 10.0. The minimum absolute atomic E-state index is 0.254. The third-order valence-corrected chi connectivity index (χ3v) is 3.95. The van der Waals surface area contributed by atoms with Crippen molar-refractivity contribution in [2.45, 2.75) is 27.2 Å². The summed E-state index contributed by atoms with van der Waals surface area (Å²) in [6.07, 6.45) is 0.904. The van der Waals surface area contributed by atoms with E-state index in [1.54, 1.807) is 12.1 Å². The van der Waals surface area contributed by atoms with Crippen LogP contribution in [0.2, 0.25) is 4.47 Å². The maximum absolute atomic E-state index is 13.6. The van der Waals surface area contributed by atoms with E-state index in [4.69, 9.17) is 16.3 Å². The second-order valence-electron chi connectivity index (χ2n) is 4.91. The minimum Gasteiger partial charge on any atom is -0.491 e.